The number of hydrogen-bond acceptors (Lipinski definition) is 1. The Morgan fingerprint density at radius 3 is 2.32 bits per heavy atom. The Kier molecular flexibility index (Phi) is 4.47. The second kappa shape index (κ2) is 5.92. The van der Waals surface area contributed by atoms with Crippen molar-refractivity contribution in [2.45, 2.75) is 13.8 Å². The molecule has 2 rings (SSSR count). The lowest BCUT2D eigenvalue weighted by molar-refractivity contribution is 0.102. The lowest BCUT2D eigenvalue weighted by Gasteiger charge is -2.10. The van der Waals surface area contributed by atoms with Crippen LogP contribution in [0.15, 0.2) is 36.4 Å². The summed E-state index contributed by atoms with van der Waals surface area (Å²) in [6, 6.07) is 10.9. The maximum Gasteiger partial charge on any atom is 0.257 e. The van der Waals surface area contributed by atoms with Gasteiger partial charge in [-0.25, -0.2) is 0 Å². The smallest absolute Gasteiger partial charge is 0.257 e. The van der Waals surface area contributed by atoms with E-state index in [1.54, 1.807) is 24.3 Å². The molecule has 1 amide bonds. The highest BCUT2D eigenvalue weighted by atomic mass is 127. The standard InChI is InChI=1S/C15H13ClINO/c1-9-7-11(8-10(2)14(9)17)18-15(19)12-5-3-4-6-13(12)16/h3-8H,1-2H3,(H,18,19). The highest BCUT2D eigenvalue weighted by Gasteiger charge is 2.11. The number of aryl methyl sites for hydroxylation is 2. The zero-order valence-electron chi connectivity index (χ0n) is 10.6. The summed E-state index contributed by atoms with van der Waals surface area (Å²) in [6.45, 7) is 4.06. The number of halogens is 2. The van der Waals surface area contributed by atoms with E-state index in [4.69, 9.17) is 11.6 Å². The molecule has 2 nitrogen and oxygen atoms in total. The normalized spacial score (nSPS) is 10.3. The van der Waals surface area contributed by atoms with Gasteiger partial charge in [-0.15, -0.1) is 0 Å². The third kappa shape index (κ3) is 3.28. The van der Waals surface area contributed by atoms with Crippen LogP contribution in [0.4, 0.5) is 5.69 Å². The minimum atomic E-state index is -0.189. The van der Waals surface area contributed by atoms with Crippen molar-refractivity contribution in [3.63, 3.8) is 0 Å². The molecular weight excluding hydrogens is 373 g/mol. The third-order valence-electron chi connectivity index (χ3n) is 2.81. The van der Waals surface area contributed by atoms with E-state index in [0.717, 1.165) is 16.8 Å². The average molecular weight is 386 g/mol. The Balaban J connectivity index is 2.27. The van der Waals surface area contributed by atoms with Gasteiger partial charge in [0.2, 0.25) is 0 Å². The first-order valence-electron chi connectivity index (χ1n) is 5.81. The van der Waals surface area contributed by atoms with E-state index in [1.165, 1.54) is 3.57 Å². The fourth-order valence-electron chi connectivity index (χ4n) is 1.86. The molecule has 0 spiro atoms. The second-order valence-electron chi connectivity index (χ2n) is 4.36. The quantitative estimate of drug-likeness (QED) is 0.738. The maximum atomic E-state index is 12.1. The summed E-state index contributed by atoms with van der Waals surface area (Å²) in [4.78, 5) is 12.1. The van der Waals surface area contributed by atoms with E-state index in [1.807, 2.05) is 26.0 Å². The van der Waals surface area contributed by atoms with E-state index >= 15 is 0 Å². The van der Waals surface area contributed by atoms with Crippen LogP contribution in [-0.4, -0.2) is 5.91 Å². The van der Waals surface area contributed by atoms with Crippen molar-refractivity contribution >= 4 is 45.8 Å². The highest BCUT2D eigenvalue weighted by molar-refractivity contribution is 14.1. The van der Waals surface area contributed by atoms with E-state index in [-0.39, 0.29) is 5.91 Å². The van der Waals surface area contributed by atoms with Crippen LogP contribution in [0.3, 0.4) is 0 Å². The van der Waals surface area contributed by atoms with Crippen molar-refractivity contribution in [1.29, 1.82) is 0 Å². The van der Waals surface area contributed by atoms with Gasteiger partial charge in [-0.05, 0) is 71.8 Å². The maximum absolute atomic E-state index is 12.1. The van der Waals surface area contributed by atoms with Crippen LogP contribution in [0.25, 0.3) is 0 Å². The average Bonchev–Trinajstić information content (AvgIpc) is 2.36. The fourth-order valence-corrected chi connectivity index (χ4v) is 2.39. The molecule has 98 valence electrons. The minimum absolute atomic E-state index is 0.189. The lowest BCUT2D eigenvalue weighted by atomic mass is 10.1. The van der Waals surface area contributed by atoms with Gasteiger partial charge in [-0.1, -0.05) is 23.7 Å². The van der Waals surface area contributed by atoms with Gasteiger partial charge in [0.25, 0.3) is 5.91 Å². The molecule has 4 heteroatoms. The van der Waals surface area contributed by atoms with Crippen LogP contribution < -0.4 is 5.32 Å². The van der Waals surface area contributed by atoms with Crippen molar-refractivity contribution in [2.75, 3.05) is 5.32 Å². The molecule has 0 heterocycles. The molecule has 2 aromatic carbocycles. The molecule has 0 atom stereocenters. The molecule has 0 fully saturated rings. The number of rotatable bonds is 2. The van der Waals surface area contributed by atoms with Crippen molar-refractivity contribution in [1.82, 2.24) is 0 Å². The Hall–Kier alpha value is -1.07. The largest absolute Gasteiger partial charge is 0.322 e. The second-order valence-corrected chi connectivity index (χ2v) is 5.84. The fraction of sp³-hybridized carbons (Fsp3) is 0.133. The van der Waals surface area contributed by atoms with Crippen LogP contribution in [0.5, 0.6) is 0 Å². The van der Waals surface area contributed by atoms with E-state index in [9.17, 15) is 4.79 Å². The molecule has 19 heavy (non-hydrogen) atoms. The first-order valence-corrected chi connectivity index (χ1v) is 7.27. The topological polar surface area (TPSA) is 29.1 Å². The number of amides is 1. The number of carbonyl (C=O) groups excluding carboxylic acids is 1. The molecule has 0 aromatic heterocycles. The molecule has 0 saturated carbocycles. The molecule has 0 unspecified atom stereocenters. The number of carbonyl (C=O) groups is 1. The molecule has 0 saturated heterocycles. The van der Waals surface area contributed by atoms with Crippen LogP contribution in [-0.2, 0) is 0 Å². The zero-order valence-corrected chi connectivity index (χ0v) is 13.5. The first kappa shape index (κ1) is 14.3. The molecule has 1 N–H and O–H groups in total. The van der Waals surface area contributed by atoms with Crippen molar-refractivity contribution in [3.05, 3.63) is 61.7 Å². The van der Waals surface area contributed by atoms with Crippen LogP contribution in [0, 0.1) is 17.4 Å². The van der Waals surface area contributed by atoms with Gasteiger partial charge in [0.05, 0.1) is 10.6 Å². The summed E-state index contributed by atoms with van der Waals surface area (Å²) in [6.07, 6.45) is 0. The molecule has 2 aromatic rings. The van der Waals surface area contributed by atoms with E-state index in [2.05, 4.69) is 27.9 Å². The van der Waals surface area contributed by atoms with Gasteiger partial charge >= 0.3 is 0 Å². The lowest BCUT2D eigenvalue weighted by Crippen LogP contribution is -2.12. The molecule has 0 radical (unpaired) electrons. The molecule has 0 aliphatic heterocycles. The van der Waals surface area contributed by atoms with E-state index < -0.39 is 0 Å². The van der Waals surface area contributed by atoms with Crippen molar-refractivity contribution in [3.8, 4) is 0 Å². The predicted octanol–water partition coefficient (Wildman–Crippen LogP) is 4.81. The van der Waals surface area contributed by atoms with Crippen LogP contribution in [0.1, 0.15) is 21.5 Å². The Labute approximate surface area is 131 Å². The van der Waals surface area contributed by atoms with E-state index in [0.29, 0.717) is 10.6 Å². The monoisotopic (exact) mass is 385 g/mol. The summed E-state index contributed by atoms with van der Waals surface area (Å²) in [5, 5.41) is 3.34. The molecule has 0 aliphatic carbocycles. The van der Waals surface area contributed by atoms with Gasteiger partial charge in [-0.3, -0.25) is 4.79 Å². The van der Waals surface area contributed by atoms with Gasteiger partial charge in [-0.2, -0.15) is 0 Å². The van der Waals surface area contributed by atoms with Gasteiger partial charge in [0, 0.05) is 9.26 Å². The Morgan fingerprint density at radius 2 is 1.74 bits per heavy atom. The zero-order chi connectivity index (χ0) is 14.0. The first-order chi connectivity index (χ1) is 8.99. The number of anilines is 1. The molecule has 0 aliphatic rings. The highest BCUT2D eigenvalue weighted by Crippen LogP contribution is 2.23. The number of nitrogens with one attached hydrogen (secondary N) is 1. The summed E-state index contributed by atoms with van der Waals surface area (Å²) in [5.74, 6) is -0.189. The number of hydrogen-bond donors (Lipinski definition) is 1. The Bertz CT molecular complexity index is 617. The Morgan fingerprint density at radius 1 is 1.16 bits per heavy atom. The van der Waals surface area contributed by atoms with Crippen LogP contribution in [0.2, 0.25) is 5.02 Å². The van der Waals surface area contributed by atoms with Crippen molar-refractivity contribution in [2.24, 2.45) is 0 Å². The van der Waals surface area contributed by atoms with Gasteiger partial charge in [0.15, 0.2) is 0 Å². The van der Waals surface area contributed by atoms with Gasteiger partial charge < -0.3 is 5.32 Å². The van der Waals surface area contributed by atoms with Crippen LogP contribution >= 0.6 is 34.2 Å². The van der Waals surface area contributed by atoms with Crippen molar-refractivity contribution < 1.29 is 4.79 Å². The number of benzene rings is 2. The predicted molar refractivity (Wildman–Crippen MR) is 88.0 cm³/mol. The SMILES string of the molecule is Cc1cc(NC(=O)c2ccccc2Cl)cc(C)c1I. The third-order valence-corrected chi connectivity index (χ3v) is 4.84. The molecular formula is C15H13ClINO. The minimum Gasteiger partial charge on any atom is -0.322 e. The molecule has 0 bridgehead atoms. The summed E-state index contributed by atoms with van der Waals surface area (Å²) >= 11 is 8.31. The summed E-state index contributed by atoms with van der Waals surface area (Å²) in [5.41, 5.74) is 3.57. The summed E-state index contributed by atoms with van der Waals surface area (Å²) in [7, 11) is 0. The van der Waals surface area contributed by atoms with Gasteiger partial charge in [0.1, 0.15) is 0 Å². The summed E-state index contributed by atoms with van der Waals surface area (Å²) < 4.78 is 1.22.